The summed E-state index contributed by atoms with van der Waals surface area (Å²) < 4.78 is 1.73. The third-order valence-electron chi connectivity index (χ3n) is 4.27. The van der Waals surface area contributed by atoms with Crippen LogP contribution in [0.5, 0.6) is 0 Å². The van der Waals surface area contributed by atoms with Gasteiger partial charge in [-0.25, -0.2) is 0 Å². The van der Waals surface area contributed by atoms with Crippen molar-refractivity contribution in [3.8, 4) is 0 Å². The fourth-order valence-corrected chi connectivity index (χ4v) is 3.13. The number of hydrogen-bond donors (Lipinski definition) is 0. The maximum Gasteiger partial charge on any atom is 0.244 e. The van der Waals surface area contributed by atoms with E-state index in [-0.39, 0.29) is 5.91 Å². The summed E-state index contributed by atoms with van der Waals surface area (Å²) in [5.74, 6) is 0.181. The van der Waals surface area contributed by atoms with E-state index < -0.39 is 0 Å². The summed E-state index contributed by atoms with van der Waals surface area (Å²) in [7, 11) is 0. The molecule has 0 bridgehead atoms. The second-order valence-corrected chi connectivity index (χ2v) is 5.99. The van der Waals surface area contributed by atoms with Gasteiger partial charge in [-0.1, -0.05) is 0 Å². The Morgan fingerprint density at radius 3 is 2.91 bits per heavy atom. The van der Waals surface area contributed by atoms with Crippen LogP contribution in [0.1, 0.15) is 30.4 Å². The average molecular weight is 298 g/mol. The molecule has 3 rings (SSSR count). The number of pyridine rings is 1. The number of carbonyl (C=O) groups excluding carboxylic acids is 1. The van der Waals surface area contributed by atoms with Gasteiger partial charge < -0.3 is 4.90 Å². The number of rotatable bonds is 5. The Bertz CT molecular complexity index is 623. The predicted molar refractivity (Wildman–Crippen MR) is 84.3 cm³/mol. The van der Waals surface area contributed by atoms with Gasteiger partial charge in [0.2, 0.25) is 5.91 Å². The van der Waals surface area contributed by atoms with Gasteiger partial charge in [0.05, 0.1) is 6.20 Å². The van der Waals surface area contributed by atoms with Gasteiger partial charge >= 0.3 is 0 Å². The molecular formula is C17H22N4O. The van der Waals surface area contributed by atoms with Crippen LogP contribution in [0.4, 0.5) is 0 Å². The second-order valence-electron chi connectivity index (χ2n) is 5.99. The normalized spacial score (nSPS) is 17.9. The fourth-order valence-electron chi connectivity index (χ4n) is 3.13. The van der Waals surface area contributed by atoms with Crippen molar-refractivity contribution in [2.24, 2.45) is 0 Å². The van der Waals surface area contributed by atoms with Crippen LogP contribution in [0, 0.1) is 6.92 Å². The van der Waals surface area contributed by atoms with Crippen molar-refractivity contribution >= 4 is 5.91 Å². The highest BCUT2D eigenvalue weighted by Crippen LogP contribution is 2.22. The minimum Gasteiger partial charge on any atom is -0.338 e. The summed E-state index contributed by atoms with van der Waals surface area (Å²) in [6.07, 6.45) is 11.6. The SMILES string of the molecule is Cc1cnn(CC(=O)N2CCC[C@H]2CCc2ccncc2)c1. The van der Waals surface area contributed by atoms with Crippen molar-refractivity contribution in [2.75, 3.05) is 6.54 Å². The summed E-state index contributed by atoms with van der Waals surface area (Å²) in [5, 5.41) is 4.21. The first kappa shape index (κ1) is 14.8. The molecule has 116 valence electrons. The van der Waals surface area contributed by atoms with Crippen LogP contribution >= 0.6 is 0 Å². The Hall–Kier alpha value is -2.17. The van der Waals surface area contributed by atoms with E-state index in [4.69, 9.17) is 0 Å². The van der Waals surface area contributed by atoms with E-state index in [1.807, 2.05) is 42.5 Å². The van der Waals surface area contributed by atoms with Gasteiger partial charge in [-0.05, 0) is 55.9 Å². The molecule has 0 saturated carbocycles. The molecule has 0 aromatic carbocycles. The molecule has 2 aromatic heterocycles. The van der Waals surface area contributed by atoms with E-state index in [9.17, 15) is 4.79 Å². The topological polar surface area (TPSA) is 51.0 Å². The minimum absolute atomic E-state index is 0.181. The molecule has 1 saturated heterocycles. The monoisotopic (exact) mass is 298 g/mol. The fraction of sp³-hybridized carbons (Fsp3) is 0.471. The molecular weight excluding hydrogens is 276 g/mol. The number of likely N-dealkylation sites (tertiary alicyclic amines) is 1. The Balaban J connectivity index is 1.56. The maximum atomic E-state index is 12.5. The van der Waals surface area contributed by atoms with Crippen molar-refractivity contribution < 1.29 is 4.79 Å². The van der Waals surface area contributed by atoms with Crippen LogP contribution in [0.2, 0.25) is 0 Å². The third kappa shape index (κ3) is 3.53. The molecule has 1 fully saturated rings. The van der Waals surface area contributed by atoms with Gasteiger partial charge in [-0.2, -0.15) is 5.10 Å². The van der Waals surface area contributed by atoms with Gasteiger partial charge in [-0.15, -0.1) is 0 Å². The summed E-state index contributed by atoms with van der Waals surface area (Å²) in [6.45, 7) is 3.21. The summed E-state index contributed by atoms with van der Waals surface area (Å²) in [6, 6.07) is 4.46. The van der Waals surface area contributed by atoms with E-state index >= 15 is 0 Å². The molecule has 1 aliphatic rings. The van der Waals surface area contributed by atoms with E-state index in [1.54, 1.807) is 10.9 Å². The van der Waals surface area contributed by atoms with Crippen LogP contribution < -0.4 is 0 Å². The Morgan fingerprint density at radius 1 is 1.36 bits per heavy atom. The lowest BCUT2D eigenvalue weighted by atomic mass is 10.0. The Labute approximate surface area is 131 Å². The zero-order valence-corrected chi connectivity index (χ0v) is 13.0. The van der Waals surface area contributed by atoms with Crippen LogP contribution in [-0.2, 0) is 17.8 Å². The molecule has 1 atom stereocenters. The first-order chi connectivity index (χ1) is 10.7. The van der Waals surface area contributed by atoms with Crippen molar-refractivity contribution in [3.63, 3.8) is 0 Å². The highest BCUT2D eigenvalue weighted by atomic mass is 16.2. The van der Waals surface area contributed by atoms with Gasteiger partial charge in [0.1, 0.15) is 6.54 Å². The zero-order valence-electron chi connectivity index (χ0n) is 13.0. The molecule has 5 heteroatoms. The molecule has 0 spiro atoms. The van der Waals surface area contributed by atoms with Gasteiger partial charge in [0, 0.05) is 31.2 Å². The predicted octanol–water partition coefficient (Wildman–Crippen LogP) is 2.21. The largest absolute Gasteiger partial charge is 0.338 e. The van der Waals surface area contributed by atoms with Crippen molar-refractivity contribution in [1.82, 2.24) is 19.7 Å². The number of aryl methyl sites for hydroxylation is 2. The number of carbonyl (C=O) groups is 1. The van der Waals surface area contributed by atoms with Gasteiger partial charge in [0.15, 0.2) is 0 Å². The molecule has 22 heavy (non-hydrogen) atoms. The summed E-state index contributed by atoms with van der Waals surface area (Å²) in [4.78, 5) is 18.6. The number of hydrogen-bond acceptors (Lipinski definition) is 3. The zero-order chi connectivity index (χ0) is 15.4. The quantitative estimate of drug-likeness (QED) is 0.850. The smallest absolute Gasteiger partial charge is 0.244 e. The van der Waals surface area contributed by atoms with Crippen molar-refractivity contribution in [1.29, 1.82) is 0 Å². The van der Waals surface area contributed by atoms with Crippen molar-refractivity contribution in [3.05, 3.63) is 48.0 Å². The maximum absolute atomic E-state index is 12.5. The van der Waals surface area contributed by atoms with Crippen LogP contribution in [0.15, 0.2) is 36.9 Å². The third-order valence-corrected chi connectivity index (χ3v) is 4.27. The highest BCUT2D eigenvalue weighted by molar-refractivity contribution is 5.76. The molecule has 3 heterocycles. The van der Waals surface area contributed by atoms with Crippen LogP contribution in [0.3, 0.4) is 0 Å². The molecule has 0 unspecified atom stereocenters. The summed E-state index contributed by atoms with van der Waals surface area (Å²) >= 11 is 0. The van der Waals surface area contributed by atoms with E-state index in [1.165, 1.54) is 5.56 Å². The van der Waals surface area contributed by atoms with Crippen LogP contribution in [0.25, 0.3) is 0 Å². The highest BCUT2D eigenvalue weighted by Gasteiger charge is 2.28. The van der Waals surface area contributed by atoms with Crippen molar-refractivity contribution in [2.45, 2.75) is 45.2 Å². The first-order valence-corrected chi connectivity index (χ1v) is 7.90. The molecule has 0 N–H and O–H groups in total. The molecule has 0 aliphatic carbocycles. The lowest BCUT2D eigenvalue weighted by molar-refractivity contribution is -0.132. The number of amides is 1. The second kappa shape index (κ2) is 6.73. The van der Waals surface area contributed by atoms with E-state index in [0.29, 0.717) is 12.6 Å². The lowest BCUT2D eigenvalue weighted by Crippen LogP contribution is -2.38. The molecule has 5 nitrogen and oxygen atoms in total. The van der Waals surface area contributed by atoms with Crippen LogP contribution in [-0.4, -0.2) is 38.2 Å². The first-order valence-electron chi connectivity index (χ1n) is 7.90. The number of nitrogens with zero attached hydrogens (tertiary/aromatic N) is 4. The average Bonchev–Trinajstić information content (AvgIpc) is 3.15. The standard InChI is InChI=1S/C17H22N4O/c1-14-11-19-20(12-14)13-17(22)21-10-2-3-16(21)5-4-15-6-8-18-9-7-15/h6-9,11-12,16H,2-5,10,13H2,1H3/t16-/m0/s1. The minimum atomic E-state index is 0.181. The van der Waals surface area contributed by atoms with E-state index in [2.05, 4.69) is 10.1 Å². The lowest BCUT2D eigenvalue weighted by Gasteiger charge is -2.24. The molecule has 1 aliphatic heterocycles. The van der Waals surface area contributed by atoms with Gasteiger partial charge in [-0.3, -0.25) is 14.5 Å². The molecule has 1 amide bonds. The number of aromatic nitrogens is 3. The Morgan fingerprint density at radius 2 is 2.18 bits per heavy atom. The van der Waals surface area contributed by atoms with E-state index in [0.717, 1.165) is 37.8 Å². The summed E-state index contributed by atoms with van der Waals surface area (Å²) in [5.41, 5.74) is 2.38. The molecule has 2 aromatic rings. The Kier molecular flexibility index (Phi) is 4.51. The van der Waals surface area contributed by atoms with Gasteiger partial charge in [0.25, 0.3) is 0 Å². The molecule has 0 radical (unpaired) electrons.